The smallest absolute Gasteiger partial charge is 0.419 e. The second-order valence-corrected chi connectivity index (χ2v) is 4.38. The summed E-state index contributed by atoms with van der Waals surface area (Å²) in [6, 6.07) is 10.9. The highest BCUT2D eigenvalue weighted by Gasteiger charge is 2.34. The van der Waals surface area contributed by atoms with Gasteiger partial charge in [0.1, 0.15) is 24.3 Å². The van der Waals surface area contributed by atoms with E-state index in [4.69, 9.17) is 4.74 Å². The van der Waals surface area contributed by atoms with E-state index in [-0.39, 0.29) is 12.2 Å². The molecule has 0 aliphatic carbocycles. The van der Waals surface area contributed by atoms with Crippen molar-refractivity contribution in [1.29, 1.82) is 0 Å². The van der Waals surface area contributed by atoms with Gasteiger partial charge in [-0.3, -0.25) is 0 Å². The number of hydrogen-bond acceptors (Lipinski definition) is 2. The van der Waals surface area contributed by atoms with E-state index in [1.54, 1.807) is 30.3 Å². The lowest BCUT2D eigenvalue weighted by Gasteiger charge is -2.14. The number of hydrogen-bond donors (Lipinski definition) is 1. The second kappa shape index (κ2) is 6.13. The number of benzene rings is 2. The average Bonchev–Trinajstić information content (AvgIpc) is 2.44. The Bertz CT molecular complexity index is 596. The van der Waals surface area contributed by atoms with Gasteiger partial charge in [0.05, 0.1) is 5.56 Å². The number of rotatable bonds is 4. The molecule has 2 rings (SSSR count). The molecule has 112 valence electrons. The Kier molecular flexibility index (Phi) is 4.47. The zero-order chi connectivity index (χ0) is 15.5. The van der Waals surface area contributed by atoms with Crippen molar-refractivity contribution < 1.29 is 27.4 Å². The van der Waals surface area contributed by atoms with Crippen molar-refractivity contribution in [3.63, 3.8) is 0 Å². The molecule has 6 heteroatoms. The van der Waals surface area contributed by atoms with Gasteiger partial charge in [0, 0.05) is 0 Å². The third kappa shape index (κ3) is 3.95. The van der Waals surface area contributed by atoms with Gasteiger partial charge in [-0.2, -0.15) is 13.2 Å². The van der Waals surface area contributed by atoms with Crippen molar-refractivity contribution in [1.82, 2.24) is 0 Å². The third-order valence-corrected chi connectivity index (χ3v) is 2.83. The first-order valence-corrected chi connectivity index (χ1v) is 6.10. The fourth-order valence-electron chi connectivity index (χ4n) is 1.76. The molecule has 2 aromatic rings. The predicted octanol–water partition coefficient (Wildman–Crippen LogP) is 3.96. The van der Waals surface area contributed by atoms with Crippen LogP contribution < -0.4 is 4.74 Å². The minimum Gasteiger partial charge on any atom is -0.491 e. The highest BCUT2D eigenvalue weighted by molar-refractivity contribution is 5.28. The van der Waals surface area contributed by atoms with Crippen LogP contribution in [0.15, 0.2) is 48.5 Å². The second-order valence-electron chi connectivity index (χ2n) is 4.38. The van der Waals surface area contributed by atoms with E-state index in [1.165, 1.54) is 0 Å². The summed E-state index contributed by atoms with van der Waals surface area (Å²) in [6.07, 6.45) is -5.98. The van der Waals surface area contributed by atoms with Gasteiger partial charge in [0.2, 0.25) is 0 Å². The zero-order valence-corrected chi connectivity index (χ0v) is 10.8. The van der Waals surface area contributed by atoms with Gasteiger partial charge >= 0.3 is 6.18 Å². The van der Waals surface area contributed by atoms with Gasteiger partial charge in [-0.25, -0.2) is 4.39 Å². The molecule has 0 spiro atoms. The van der Waals surface area contributed by atoms with Gasteiger partial charge in [-0.05, 0) is 29.8 Å². The maximum absolute atomic E-state index is 13.4. The van der Waals surface area contributed by atoms with Gasteiger partial charge < -0.3 is 9.84 Å². The Morgan fingerprint density at radius 3 is 2.29 bits per heavy atom. The van der Waals surface area contributed by atoms with Crippen LogP contribution in [0.3, 0.4) is 0 Å². The molecule has 21 heavy (non-hydrogen) atoms. The molecule has 2 nitrogen and oxygen atoms in total. The SMILES string of the molecule is OC(COc1ccccc1)c1ccc(C(F)(F)F)c(F)c1. The Morgan fingerprint density at radius 2 is 1.71 bits per heavy atom. The number of aliphatic hydroxyl groups excluding tert-OH is 1. The molecule has 0 aliphatic rings. The van der Waals surface area contributed by atoms with Crippen LogP contribution in [0.4, 0.5) is 17.6 Å². The number of alkyl halides is 3. The Hall–Kier alpha value is -2.08. The first kappa shape index (κ1) is 15.3. The first-order valence-electron chi connectivity index (χ1n) is 6.10. The highest BCUT2D eigenvalue weighted by Crippen LogP contribution is 2.32. The van der Waals surface area contributed by atoms with Crippen molar-refractivity contribution in [2.45, 2.75) is 12.3 Å². The molecule has 1 N–H and O–H groups in total. The van der Waals surface area contributed by atoms with E-state index in [0.717, 1.165) is 6.07 Å². The van der Waals surface area contributed by atoms with Crippen LogP contribution in [0.2, 0.25) is 0 Å². The first-order chi connectivity index (χ1) is 9.88. The Labute approximate surface area is 118 Å². The number of ether oxygens (including phenoxy) is 1. The van der Waals surface area contributed by atoms with Crippen LogP contribution in [0.25, 0.3) is 0 Å². The Morgan fingerprint density at radius 1 is 1.05 bits per heavy atom. The summed E-state index contributed by atoms with van der Waals surface area (Å²) in [7, 11) is 0. The van der Waals surface area contributed by atoms with Gasteiger partial charge in [-0.15, -0.1) is 0 Å². The minimum atomic E-state index is -4.76. The summed E-state index contributed by atoms with van der Waals surface area (Å²) in [4.78, 5) is 0. The molecule has 0 heterocycles. The molecule has 0 aromatic heterocycles. The summed E-state index contributed by atoms with van der Waals surface area (Å²) in [5, 5.41) is 9.83. The normalized spacial score (nSPS) is 13.0. The maximum Gasteiger partial charge on any atom is 0.419 e. The molecule has 1 atom stereocenters. The molecule has 0 saturated carbocycles. The van der Waals surface area contributed by atoms with Crippen LogP contribution in [0, 0.1) is 5.82 Å². The lowest BCUT2D eigenvalue weighted by Crippen LogP contribution is -2.12. The van der Waals surface area contributed by atoms with Crippen molar-refractivity contribution in [3.8, 4) is 5.75 Å². The van der Waals surface area contributed by atoms with Gasteiger partial charge in [-0.1, -0.05) is 24.3 Å². The summed E-state index contributed by atoms with van der Waals surface area (Å²) in [5.74, 6) is -0.914. The van der Waals surface area contributed by atoms with E-state index in [9.17, 15) is 22.7 Å². The van der Waals surface area contributed by atoms with Crippen LogP contribution in [0.5, 0.6) is 5.75 Å². The van der Waals surface area contributed by atoms with Crippen LogP contribution in [0.1, 0.15) is 17.2 Å². The molecule has 1 unspecified atom stereocenters. The lowest BCUT2D eigenvalue weighted by molar-refractivity contribution is -0.140. The van der Waals surface area contributed by atoms with E-state index >= 15 is 0 Å². The standard InChI is InChI=1S/C15H12F4O2/c16-13-8-10(6-7-12(13)15(17,18)19)14(20)9-21-11-4-2-1-3-5-11/h1-8,14,20H,9H2. The molecular formula is C15H12F4O2. The molecule has 0 amide bonds. The number of aliphatic hydroxyl groups is 1. The van der Waals surface area contributed by atoms with E-state index in [1.807, 2.05) is 0 Å². The van der Waals surface area contributed by atoms with Crippen molar-refractivity contribution in [2.75, 3.05) is 6.61 Å². The zero-order valence-electron chi connectivity index (χ0n) is 10.8. The summed E-state index contributed by atoms with van der Waals surface area (Å²) < 4.78 is 55.9. The van der Waals surface area contributed by atoms with Crippen LogP contribution >= 0.6 is 0 Å². The highest BCUT2D eigenvalue weighted by atomic mass is 19.4. The minimum absolute atomic E-state index is 0.0245. The molecular weight excluding hydrogens is 288 g/mol. The predicted molar refractivity (Wildman–Crippen MR) is 68.3 cm³/mol. The fourth-order valence-corrected chi connectivity index (χ4v) is 1.76. The summed E-state index contributed by atoms with van der Waals surface area (Å²) >= 11 is 0. The quantitative estimate of drug-likeness (QED) is 0.866. The van der Waals surface area contributed by atoms with Gasteiger partial charge in [0.15, 0.2) is 0 Å². The number of para-hydroxylation sites is 1. The molecule has 0 radical (unpaired) electrons. The molecule has 0 bridgehead atoms. The summed E-state index contributed by atoms with van der Waals surface area (Å²) in [5.41, 5.74) is -1.33. The monoisotopic (exact) mass is 300 g/mol. The maximum atomic E-state index is 13.4. The Balaban J connectivity index is 2.06. The van der Waals surface area contributed by atoms with E-state index in [0.29, 0.717) is 17.9 Å². The largest absolute Gasteiger partial charge is 0.491 e. The van der Waals surface area contributed by atoms with E-state index in [2.05, 4.69) is 0 Å². The summed E-state index contributed by atoms with van der Waals surface area (Å²) in [6.45, 7) is -0.186. The molecule has 0 aliphatic heterocycles. The van der Waals surface area contributed by atoms with Crippen LogP contribution in [-0.2, 0) is 6.18 Å². The van der Waals surface area contributed by atoms with Crippen molar-refractivity contribution in [3.05, 3.63) is 65.5 Å². The third-order valence-electron chi connectivity index (χ3n) is 2.83. The molecule has 0 fully saturated rings. The van der Waals surface area contributed by atoms with Gasteiger partial charge in [0.25, 0.3) is 0 Å². The molecule has 0 saturated heterocycles. The van der Waals surface area contributed by atoms with Crippen molar-refractivity contribution >= 4 is 0 Å². The number of halogens is 4. The van der Waals surface area contributed by atoms with Crippen molar-refractivity contribution in [2.24, 2.45) is 0 Å². The molecule has 2 aromatic carbocycles. The topological polar surface area (TPSA) is 29.5 Å². The average molecular weight is 300 g/mol. The fraction of sp³-hybridized carbons (Fsp3) is 0.200. The van der Waals surface area contributed by atoms with E-state index < -0.39 is 23.7 Å². The van der Waals surface area contributed by atoms with Crippen LogP contribution in [-0.4, -0.2) is 11.7 Å². The lowest BCUT2D eigenvalue weighted by atomic mass is 10.1.